The second-order valence-corrected chi connectivity index (χ2v) is 4.37. The van der Waals surface area contributed by atoms with Crippen molar-refractivity contribution in [3.8, 4) is 0 Å². The highest BCUT2D eigenvalue weighted by Gasteiger charge is 2.23. The van der Waals surface area contributed by atoms with Gasteiger partial charge in [-0.1, -0.05) is 24.6 Å². The predicted molar refractivity (Wildman–Crippen MR) is 63.7 cm³/mol. The molecule has 17 heavy (non-hydrogen) atoms. The molecular formula is C14H16O3. The van der Waals surface area contributed by atoms with Crippen LogP contribution in [-0.4, -0.2) is 18.4 Å². The molecule has 2 rings (SSSR count). The van der Waals surface area contributed by atoms with Crippen molar-refractivity contribution in [3.63, 3.8) is 0 Å². The third kappa shape index (κ3) is 3.16. The van der Waals surface area contributed by atoms with Crippen molar-refractivity contribution < 1.29 is 14.3 Å². The zero-order valence-electron chi connectivity index (χ0n) is 9.72. The Hall–Kier alpha value is -1.64. The van der Waals surface area contributed by atoms with E-state index in [1.165, 1.54) is 0 Å². The second-order valence-electron chi connectivity index (χ2n) is 4.37. The van der Waals surface area contributed by atoms with Crippen LogP contribution in [0.4, 0.5) is 0 Å². The third-order valence-electron chi connectivity index (χ3n) is 3.11. The molecule has 0 unspecified atom stereocenters. The van der Waals surface area contributed by atoms with Crippen molar-refractivity contribution in [1.29, 1.82) is 0 Å². The van der Waals surface area contributed by atoms with Gasteiger partial charge in [-0.15, -0.1) is 0 Å². The van der Waals surface area contributed by atoms with Crippen molar-refractivity contribution in [2.24, 2.45) is 5.92 Å². The van der Waals surface area contributed by atoms with E-state index >= 15 is 0 Å². The number of carbonyl (C=O) groups is 2. The van der Waals surface area contributed by atoms with E-state index in [-0.39, 0.29) is 24.3 Å². The Morgan fingerprint density at radius 3 is 2.71 bits per heavy atom. The molecule has 0 aromatic heterocycles. The van der Waals surface area contributed by atoms with Gasteiger partial charge in [0.25, 0.3) is 0 Å². The highest BCUT2D eigenvalue weighted by atomic mass is 16.5. The van der Waals surface area contributed by atoms with Gasteiger partial charge in [-0.2, -0.15) is 0 Å². The summed E-state index contributed by atoms with van der Waals surface area (Å²) in [6.45, 7) is 0.229. The number of hydrogen-bond donors (Lipinski definition) is 0. The summed E-state index contributed by atoms with van der Waals surface area (Å²) in [4.78, 5) is 23.2. The Kier molecular flexibility index (Phi) is 3.91. The van der Waals surface area contributed by atoms with Gasteiger partial charge in [-0.25, -0.2) is 4.79 Å². The van der Waals surface area contributed by atoms with Crippen LogP contribution in [0.2, 0.25) is 0 Å². The first kappa shape index (κ1) is 11.8. The lowest BCUT2D eigenvalue weighted by Crippen LogP contribution is -2.25. The van der Waals surface area contributed by atoms with Crippen LogP contribution in [-0.2, 0) is 9.53 Å². The normalized spacial score (nSPS) is 20.0. The van der Waals surface area contributed by atoms with Gasteiger partial charge in [-0.3, -0.25) is 4.79 Å². The van der Waals surface area contributed by atoms with E-state index in [4.69, 9.17) is 4.74 Å². The van der Waals surface area contributed by atoms with E-state index in [1.54, 1.807) is 24.3 Å². The van der Waals surface area contributed by atoms with Crippen LogP contribution in [0.25, 0.3) is 0 Å². The van der Waals surface area contributed by atoms with Crippen molar-refractivity contribution in [1.82, 2.24) is 0 Å². The van der Waals surface area contributed by atoms with E-state index in [2.05, 4.69) is 0 Å². The molecule has 0 N–H and O–H groups in total. The van der Waals surface area contributed by atoms with Crippen molar-refractivity contribution >= 4 is 11.8 Å². The molecule has 0 saturated heterocycles. The van der Waals surface area contributed by atoms with Crippen molar-refractivity contribution in [2.45, 2.75) is 25.7 Å². The van der Waals surface area contributed by atoms with Crippen molar-refractivity contribution in [2.75, 3.05) is 6.61 Å². The molecule has 3 heteroatoms. The van der Waals surface area contributed by atoms with Crippen LogP contribution < -0.4 is 0 Å². The van der Waals surface area contributed by atoms with Gasteiger partial charge in [0.05, 0.1) is 11.5 Å². The van der Waals surface area contributed by atoms with Gasteiger partial charge < -0.3 is 4.74 Å². The summed E-state index contributed by atoms with van der Waals surface area (Å²) < 4.78 is 5.18. The van der Waals surface area contributed by atoms with Crippen LogP contribution in [0, 0.1) is 5.92 Å². The SMILES string of the molecule is O=C(OC[C@H]1CCCCC1=O)c1ccccc1. The second kappa shape index (κ2) is 5.62. The number of carbonyl (C=O) groups excluding carboxylic acids is 2. The number of ketones is 1. The molecule has 1 aliphatic carbocycles. The molecule has 0 amide bonds. The summed E-state index contributed by atoms with van der Waals surface area (Å²) in [5.41, 5.74) is 0.538. The molecule has 1 atom stereocenters. The van der Waals surface area contributed by atoms with Crippen LogP contribution in [0.15, 0.2) is 30.3 Å². The Labute approximate surface area is 101 Å². The summed E-state index contributed by atoms with van der Waals surface area (Å²) in [7, 11) is 0. The average Bonchev–Trinajstić information content (AvgIpc) is 2.38. The van der Waals surface area contributed by atoms with Gasteiger partial charge >= 0.3 is 5.97 Å². The molecule has 1 aromatic rings. The zero-order chi connectivity index (χ0) is 12.1. The van der Waals surface area contributed by atoms with Gasteiger partial charge in [0.15, 0.2) is 0 Å². The number of benzene rings is 1. The van der Waals surface area contributed by atoms with Crippen LogP contribution in [0.1, 0.15) is 36.0 Å². The summed E-state index contributed by atoms with van der Waals surface area (Å²) in [5, 5.41) is 0. The summed E-state index contributed by atoms with van der Waals surface area (Å²) in [6, 6.07) is 8.86. The molecule has 1 aromatic carbocycles. The third-order valence-corrected chi connectivity index (χ3v) is 3.11. The highest BCUT2D eigenvalue weighted by Crippen LogP contribution is 2.21. The zero-order valence-corrected chi connectivity index (χ0v) is 9.72. The molecular weight excluding hydrogens is 216 g/mol. The molecule has 0 radical (unpaired) electrons. The Morgan fingerprint density at radius 1 is 1.24 bits per heavy atom. The Morgan fingerprint density at radius 2 is 2.00 bits per heavy atom. The standard InChI is InChI=1S/C14H16O3/c15-13-9-5-4-8-12(13)10-17-14(16)11-6-2-1-3-7-11/h1-3,6-7,12H,4-5,8-10H2/t12-/m1/s1. The monoisotopic (exact) mass is 232 g/mol. The maximum Gasteiger partial charge on any atom is 0.338 e. The Balaban J connectivity index is 1.86. The highest BCUT2D eigenvalue weighted by molar-refractivity contribution is 5.89. The lowest BCUT2D eigenvalue weighted by molar-refractivity contribution is -0.125. The maximum atomic E-state index is 11.7. The van der Waals surface area contributed by atoms with Crippen molar-refractivity contribution in [3.05, 3.63) is 35.9 Å². The average molecular weight is 232 g/mol. The minimum Gasteiger partial charge on any atom is -0.461 e. The van der Waals surface area contributed by atoms with Gasteiger partial charge in [-0.05, 0) is 25.0 Å². The van der Waals surface area contributed by atoms with E-state index in [0.717, 1.165) is 19.3 Å². The topological polar surface area (TPSA) is 43.4 Å². The molecule has 90 valence electrons. The molecule has 1 saturated carbocycles. The Bertz CT molecular complexity index is 397. The molecule has 0 spiro atoms. The molecule has 1 aliphatic rings. The van der Waals surface area contributed by atoms with Crippen LogP contribution in [0.5, 0.6) is 0 Å². The number of hydrogen-bond acceptors (Lipinski definition) is 3. The quantitative estimate of drug-likeness (QED) is 0.752. The van der Waals surface area contributed by atoms with Gasteiger partial charge in [0.2, 0.25) is 0 Å². The van der Waals surface area contributed by atoms with E-state index in [1.807, 2.05) is 6.07 Å². The molecule has 1 fully saturated rings. The first-order valence-electron chi connectivity index (χ1n) is 6.02. The van der Waals surface area contributed by atoms with E-state index in [9.17, 15) is 9.59 Å². The fraction of sp³-hybridized carbons (Fsp3) is 0.429. The smallest absolute Gasteiger partial charge is 0.338 e. The summed E-state index contributed by atoms with van der Waals surface area (Å²) >= 11 is 0. The van der Waals surface area contributed by atoms with E-state index in [0.29, 0.717) is 12.0 Å². The van der Waals surface area contributed by atoms with Gasteiger partial charge in [0, 0.05) is 6.42 Å². The summed E-state index contributed by atoms with van der Waals surface area (Å²) in [5.74, 6) is -0.197. The maximum absolute atomic E-state index is 11.7. The molecule has 0 aliphatic heterocycles. The lowest BCUT2D eigenvalue weighted by atomic mass is 9.89. The molecule has 0 bridgehead atoms. The fourth-order valence-corrected chi connectivity index (χ4v) is 2.07. The first-order chi connectivity index (χ1) is 8.27. The summed E-state index contributed by atoms with van der Waals surface area (Å²) in [6.07, 6.45) is 3.51. The van der Waals surface area contributed by atoms with Crippen LogP contribution in [0.3, 0.4) is 0 Å². The molecule has 0 heterocycles. The number of rotatable bonds is 3. The lowest BCUT2D eigenvalue weighted by Gasteiger charge is -2.19. The minimum absolute atomic E-state index is 0.0867. The fourth-order valence-electron chi connectivity index (χ4n) is 2.07. The minimum atomic E-state index is -0.344. The number of Topliss-reactive ketones (excluding diaryl/α,β-unsaturated/α-hetero) is 1. The first-order valence-corrected chi connectivity index (χ1v) is 6.02. The largest absolute Gasteiger partial charge is 0.461 e. The molecule has 3 nitrogen and oxygen atoms in total. The van der Waals surface area contributed by atoms with E-state index < -0.39 is 0 Å². The predicted octanol–water partition coefficient (Wildman–Crippen LogP) is 2.60. The number of esters is 1. The van der Waals surface area contributed by atoms with Crippen LogP contribution >= 0.6 is 0 Å². The number of ether oxygens (including phenoxy) is 1. The van der Waals surface area contributed by atoms with Gasteiger partial charge in [0.1, 0.15) is 12.4 Å².